The molecule has 0 amide bonds. The predicted molar refractivity (Wildman–Crippen MR) is 75.5 cm³/mol. The number of rotatable bonds is 5. The number of allylic oxidation sites excluding steroid dienone is 2. The van der Waals surface area contributed by atoms with Crippen LogP contribution in [-0.4, -0.2) is 28.1 Å². The third-order valence-corrected chi connectivity index (χ3v) is 3.44. The zero-order valence-electron chi connectivity index (χ0n) is 11.3. The summed E-state index contributed by atoms with van der Waals surface area (Å²) in [6.07, 6.45) is 6.58. The highest BCUT2D eigenvalue weighted by atomic mass is 35.5. The maximum Gasteiger partial charge on any atom is 0.322 e. The van der Waals surface area contributed by atoms with Crippen molar-refractivity contribution in [1.82, 2.24) is 15.0 Å². The first-order valence-corrected chi connectivity index (χ1v) is 7.00. The van der Waals surface area contributed by atoms with Gasteiger partial charge in [0.1, 0.15) is 0 Å². The molecule has 2 unspecified atom stereocenters. The molecular weight excluding hydrogens is 264 g/mol. The van der Waals surface area contributed by atoms with E-state index in [4.69, 9.17) is 16.3 Å². The Hall–Kier alpha value is -1.36. The molecule has 104 valence electrons. The molecule has 5 nitrogen and oxygen atoms in total. The van der Waals surface area contributed by atoms with Gasteiger partial charge in [-0.05, 0) is 43.2 Å². The van der Waals surface area contributed by atoms with Crippen molar-refractivity contribution >= 4 is 17.5 Å². The molecule has 1 aliphatic rings. The summed E-state index contributed by atoms with van der Waals surface area (Å²) < 4.78 is 5.66. The molecule has 2 rings (SSSR count). The molecule has 0 aromatic carbocycles. The summed E-state index contributed by atoms with van der Waals surface area (Å²) in [7, 11) is 0. The molecule has 0 saturated heterocycles. The lowest BCUT2D eigenvalue weighted by Crippen LogP contribution is -2.22. The minimum Gasteiger partial charge on any atom is -0.463 e. The second-order valence-electron chi connectivity index (χ2n) is 4.73. The minimum atomic E-state index is 0.150. The highest BCUT2D eigenvalue weighted by Gasteiger charge is 2.19. The smallest absolute Gasteiger partial charge is 0.322 e. The second-order valence-corrected chi connectivity index (χ2v) is 5.07. The van der Waals surface area contributed by atoms with Crippen molar-refractivity contribution in [3.05, 3.63) is 17.4 Å². The van der Waals surface area contributed by atoms with Crippen LogP contribution in [0, 0.1) is 11.8 Å². The summed E-state index contributed by atoms with van der Waals surface area (Å²) in [5.41, 5.74) is 0. The van der Waals surface area contributed by atoms with Crippen molar-refractivity contribution in [3.63, 3.8) is 0 Å². The van der Waals surface area contributed by atoms with E-state index in [1.54, 1.807) is 0 Å². The Kier molecular flexibility index (Phi) is 4.96. The van der Waals surface area contributed by atoms with Crippen LogP contribution in [0.2, 0.25) is 5.28 Å². The number of aromatic nitrogens is 3. The van der Waals surface area contributed by atoms with E-state index in [-0.39, 0.29) is 11.3 Å². The Bertz CT molecular complexity index is 452. The quantitative estimate of drug-likeness (QED) is 0.842. The first-order chi connectivity index (χ1) is 9.19. The van der Waals surface area contributed by atoms with E-state index in [0.29, 0.717) is 24.4 Å². The van der Waals surface area contributed by atoms with Crippen LogP contribution in [0.3, 0.4) is 0 Å². The van der Waals surface area contributed by atoms with E-state index in [9.17, 15) is 0 Å². The van der Waals surface area contributed by atoms with E-state index in [1.807, 2.05) is 6.92 Å². The normalized spacial score (nSPS) is 22.3. The van der Waals surface area contributed by atoms with Crippen LogP contribution in [0.4, 0.5) is 5.95 Å². The SMILES string of the molecule is CCNc1nc(Cl)nc(OCC2CC=CCC2C)n1. The van der Waals surface area contributed by atoms with E-state index in [1.165, 1.54) is 0 Å². The van der Waals surface area contributed by atoms with Crippen LogP contribution < -0.4 is 10.1 Å². The van der Waals surface area contributed by atoms with Crippen molar-refractivity contribution in [2.24, 2.45) is 11.8 Å². The topological polar surface area (TPSA) is 59.9 Å². The van der Waals surface area contributed by atoms with E-state index in [0.717, 1.165) is 19.4 Å². The van der Waals surface area contributed by atoms with Gasteiger partial charge in [0.05, 0.1) is 6.61 Å². The lowest BCUT2D eigenvalue weighted by Gasteiger charge is -2.24. The zero-order valence-corrected chi connectivity index (χ0v) is 12.0. The number of anilines is 1. The molecule has 6 heteroatoms. The minimum absolute atomic E-state index is 0.150. The second kappa shape index (κ2) is 6.70. The Morgan fingerprint density at radius 3 is 2.84 bits per heavy atom. The summed E-state index contributed by atoms with van der Waals surface area (Å²) in [6, 6.07) is 0.290. The Balaban J connectivity index is 1.96. The average molecular weight is 283 g/mol. The summed E-state index contributed by atoms with van der Waals surface area (Å²) in [4.78, 5) is 12.1. The van der Waals surface area contributed by atoms with Crippen LogP contribution in [0.5, 0.6) is 6.01 Å². The summed E-state index contributed by atoms with van der Waals surface area (Å²) in [5.74, 6) is 1.58. The predicted octanol–water partition coefficient (Wildman–Crippen LogP) is 2.94. The standard InChI is InChI=1S/C13H19ClN4O/c1-3-15-12-16-11(14)17-13(18-12)19-8-10-7-5-4-6-9(10)2/h4-5,9-10H,3,6-8H2,1-2H3,(H,15,16,17,18). The van der Waals surface area contributed by atoms with Gasteiger partial charge in [0.25, 0.3) is 0 Å². The van der Waals surface area contributed by atoms with Crippen molar-refractivity contribution in [2.45, 2.75) is 26.7 Å². The molecule has 1 N–H and O–H groups in total. The van der Waals surface area contributed by atoms with Crippen LogP contribution in [0.1, 0.15) is 26.7 Å². The summed E-state index contributed by atoms with van der Waals surface area (Å²) in [5, 5.41) is 3.15. The lowest BCUT2D eigenvalue weighted by molar-refractivity contribution is 0.186. The molecule has 0 aliphatic heterocycles. The number of halogens is 1. The van der Waals surface area contributed by atoms with Crippen molar-refractivity contribution in [2.75, 3.05) is 18.5 Å². The molecule has 1 aromatic rings. The van der Waals surface area contributed by atoms with Gasteiger partial charge in [-0.3, -0.25) is 0 Å². The zero-order chi connectivity index (χ0) is 13.7. The van der Waals surface area contributed by atoms with Crippen molar-refractivity contribution < 1.29 is 4.74 Å². The van der Waals surface area contributed by atoms with Crippen LogP contribution in [0.25, 0.3) is 0 Å². The van der Waals surface area contributed by atoms with Gasteiger partial charge in [-0.1, -0.05) is 19.1 Å². The number of nitrogens with one attached hydrogen (secondary N) is 1. The number of hydrogen-bond donors (Lipinski definition) is 1. The molecule has 1 aromatic heterocycles. The maximum atomic E-state index is 5.84. The Morgan fingerprint density at radius 1 is 1.32 bits per heavy atom. The first kappa shape index (κ1) is 14.1. The number of ether oxygens (including phenoxy) is 1. The third-order valence-electron chi connectivity index (χ3n) is 3.27. The molecule has 0 saturated carbocycles. The first-order valence-electron chi connectivity index (χ1n) is 6.62. The van der Waals surface area contributed by atoms with Gasteiger partial charge in [-0.15, -0.1) is 0 Å². The van der Waals surface area contributed by atoms with Gasteiger partial charge in [-0.25, -0.2) is 0 Å². The third kappa shape index (κ3) is 4.06. The van der Waals surface area contributed by atoms with E-state index >= 15 is 0 Å². The van der Waals surface area contributed by atoms with Gasteiger partial charge < -0.3 is 10.1 Å². The van der Waals surface area contributed by atoms with Crippen LogP contribution >= 0.6 is 11.6 Å². The molecule has 1 heterocycles. The van der Waals surface area contributed by atoms with E-state index < -0.39 is 0 Å². The molecule has 0 radical (unpaired) electrons. The number of hydrogen-bond acceptors (Lipinski definition) is 5. The average Bonchev–Trinajstić information content (AvgIpc) is 2.37. The Labute approximate surface area is 118 Å². The fourth-order valence-corrected chi connectivity index (χ4v) is 2.21. The monoisotopic (exact) mass is 282 g/mol. The molecule has 19 heavy (non-hydrogen) atoms. The van der Waals surface area contributed by atoms with Gasteiger partial charge in [0, 0.05) is 6.54 Å². The van der Waals surface area contributed by atoms with Gasteiger partial charge in [-0.2, -0.15) is 15.0 Å². The summed E-state index contributed by atoms with van der Waals surface area (Å²) in [6.45, 7) is 5.54. The lowest BCUT2D eigenvalue weighted by atomic mass is 9.85. The highest BCUT2D eigenvalue weighted by Crippen LogP contribution is 2.25. The van der Waals surface area contributed by atoms with Gasteiger partial charge in [0.15, 0.2) is 0 Å². The van der Waals surface area contributed by atoms with Crippen LogP contribution in [-0.2, 0) is 0 Å². The molecular formula is C13H19ClN4O. The molecule has 0 fully saturated rings. The fraction of sp³-hybridized carbons (Fsp3) is 0.615. The maximum absolute atomic E-state index is 5.84. The highest BCUT2D eigenvalue weighted by molar-refractivity contribution is 6.28. The van der Waals surface area contributed by atoms with E-state index in [2.05, 4.69) is 39.3 Å². The van der Waals surface area contributed by atoms with Crippen molar-refractivity contribution in [1.29, 1.82) is 0 Å². The van der Waals surface area contributed by atoms with Gasteiger partial charge in [0.2, 0.25) is 11.2 Å². The number of nitrogens with zero attached hydrogens (tertiary/aromatic N) is 3. The molecule has 0 spiro atoms. The largest absolute Gasteiger partial charge is 0.463 e. The molecule has 2 atom stereocenters. The fourth-order valence-electron chi connectivity index (χ4n) is 2.05. The van der Waals surface area contributed by atoms with Gasteiger partial charge >= 0.3 is 6.01 Å². The molecule has 1 aliphatic carbocycles. The summed E-state index contributed by atoms with van der Waals surface area (Å²) >= 11 is 5.84. The van der Waals surface area contributed by atoms with Crippen LogP contribution in [0.15, 0.2) is 12.2 Å². The Morgan fingerprint density at radius 2 is 2.11 bits per heavy atom. The van der Waals surface area contributed by atoms with Crippen molar-refractivity contribution in [3.8, 4) is 6.01 Å². The molecule has 0 bridgehead atoms.